The average molecular weight is 431 g/mol. The Kier molecular flexibility index (Phi) is 4.94. The van der Waals surface area contributed by atoms with E-state index in [-0.39, 0.29) is 38.8 Å². The lowest BCUT2D eigenvalue weighted by molar-refractivity contribution is 0.102. The van der Waals surface area contributed by atoms with Crippen molar-refractivity contribution in [2.45, 2.75) is 24.1 Å². The number of benzene rings is 1. The Morgan fingerprint density at radius 1 is 1.43 bits per heavy atom. The predicted octanol–water partition coefficient (Wildman–Crippen LogP) is 3.41. The van der Waals surface area contributed by atoms with Gasteiger partial charge in [0, 0.05) is 34.7 Å². The molecule has 1 aliphatic carbocycles. The highest BCUT2D eigenvalue weighted by Crippen LogP contribution is 2.58. The van der Waals surface area contributed by atoms with Gasteiger partial charge in [-0.2, -0.15) is 5.26 Å². The molecule has 2 heterocycles. The van der Waals surface area contributed by atoms with Gasteiger partial charge in [-0.15, -0.1) is 0 Å². The molecule has 1 fully saturated rings. The number of aliphatic imine (C=N–C) groups is 1. The third kappa shape index (κ3) is 3.29. The Bertz CT molecular complexity index is 1130. The number of hydrogen-bond acceptors (Lipinski definition) is 6. The molecule has 0 saturated heterocycles. The maximum atomic E-state index is 14.7. The summed E-state index contributed by atoms with van der Waals surface area (Å²) in [5.74, 6) is -3.42. The zero-order valence-corrected chi connectivity index (χ0v) is 16.6. The first-order chi connectivity index (χ1) is 14.3. The summed E-state index contributed by atoms with van der Waals surface area (Å²) in [7, 11) is 0. The van der Waals surface area contributed by atoms with Crippen LogP contribution in [-0.4, -0.2) is 28.0 Å². The number of carbonyl (C=O) groups excluding carboxylic acids is 1. The van der Waals surface area contributed by atoms with Gasteiger partial charge in [0.1, 0.15) is 24.0 Å². The van der Waals surface area contributed by atoms with Gasteiger partial charge in [0.05, 0.1) is 5.56 Å². The average Bonchev–Trinajstić information content (AvgIpc) is 3.49. The van der Waals surface area contributed by atoms with Gasteiger partial charge in [-0.05, 0) is 31.0 Å². The van der Waals surface area contributed by atoms with Crippen LogP contribution in [0.4, 0.5) is 18.9 Å². The Balaban J connectivity index is 1.72. The van der Waals surface area contributed by atoms with Crippen molar-refractivity contribution in [3.63, 3.8) is 0 Å². The molecule has 154 valence electrons. The Morgan fingerprint density at radius 3 is 2.87 bits per heavy atom. The van der Waals surface area contributed by atoms with Gasteiger partial charge in [0.25, 0.3) is 5.91 Å². The molecule has 1 saturated carbocycles. The number of anilines is 1. The lowest BCUT2D eigenvalue weighted by Gasteiger charge is -2.31. The van der Waals surface area contributed by atoms with E-state index >= 15 is 0 Å². The second-order valence-electron chi connectivity index (χ2n) is 7.28. The van der Waals surface area contributed by atoms with E-state index in [4.69, 9.17) is 11.0 Å². The van der Waals surface area contributed by atoms with Crippen LogP contribution in [0.3, 0.4) is 0 Å². The Morgan fingerprint density at radius 2 is 2.20 bits per heavy atom. The van der Waals surface area contributed by atoms with Crippen molar-refractivity contribution in [2.75, 3.05) is 12.0 Å². The topological polar surface area (TPSA) is 104 Å². The van der Waals surface area contributed by atoms with Crippen LogP contribution in [0.15, 0.2) is 29.4 Å². The largest absolute Gasteiger partial charge is 0.379 e. The van der Waals surface area contributed by atoms with E-state index in [1.54, 1.807) is 6.92 Å². The molecule has 2 aliphatic rings. The second-order valence-corrected chi connectivity index (χ2v) is 8.54. The van der Waals surface area contributed by atoms with Gasteiger partial charge in [-0.3, -0.25) is 4.79 Å². The molecule has 30 heavy (non-hydrogen) atoms. The summed E-state index contributed by atoms with van der Waals surface area (Å²) in [6, 6.07) is 5.41. The fourth-order valence-electron chi connectivity index (χ4n) is 3.77. The molecule has 0 spiro atoms. The van der Waals surface area contributed by atoms with Crippen molar-refractivity contribution in [1.82, 2.24) is 4.98 Å². The maximum Gasteiger partial charge on any atom is 0.274 e. The highest BCUT2D eigenvalue weighted by molar-refractivity contribution is 8.14. The van der Waals surface area contributed by atoms with Gasteiger partial charge in [-0.25, -0.2) is 23.1 Å². The number of fused-ring (bicyclic) bond motifs is 1. The van der Waals surface area contributed by atoms with Gasteiger partial charge in [-0.1, -0.05) is 11.8 Å². The smallest absolute Gasteiger partial charge is 0.274 e. The van der Waals surface area contributed by atoms with Crippen LogP contribution < -0.4 is 11.1 Å². The van der Waals surface area contributed by atoms with E-state index in [2.05, 4.69) is 15.3 Å². The Hall–Kier alpha value is -3.06. The number of alkyl halides is 1. The number of rotatable bonds is 4. The first-order valence-electron chi connectivity index (χ1n) is 9.04. The SMILES string of the molecule is Cc1cc(C#N)cnc1C(=O)Nc1cc(F)c(F)c([C@@]2(CF)N=C(N)SC3CC32)c1. The molecule has 1 amide bonds. The van der Waals surface area contributed by atoms with E-state index in [1.165, 1.54) is 30.1 Å². The fraction of sp³-hybridized carbons (Fsp3) is 0.300. The molecule has 0 radical (unpaired) electrons. The van der Waals surface area contributed by atoms with Crippen LogP contribution in [0.2, 0.25) is 0 Å². The molecule has 10 heteroatoms. The summed E-state index contributed by atoms with van der Waals surface area (Å²) in [6.07, 6.45) is 1.83. The third-order valence-corrected chi connectivity index (χ3v) is 6.46. The van der Waals surface area contributed by atoms with Crippen LogP contribution in [0.25, 0.3) is 0 Å². The van der Waals surface area contributed by atoms with E-state index < -0.39 is 29.8 Å². The van der Waals surface area contributed by atoms with E-state index in [0.717, 1.165) is 6.07 Å². The number of nitriles is 1. The van der Waals surface area contributed by atoms with Crippen molar-refractivity contribution < 1.29 is 18.0 Å². The number of amides is 1. The zero-order chi connectivity index (χ0) is 21.6. The van der Waals surface area contributed by atoms with Crippen molar-refractivity contribution in [3.05, 3.63) is 58.4 Å². The van der Waals surface area contributed by atoms with E-state index in [1.807, 2.05) is 6.07 Å². The number of aryl methyl sites for hydroxylation is 1. The number of carbonyl (C=O) groups is 1. The monoisotopic (exact) mass is 431 g/mol. The van der Waals surface area contributed by atoms with Crippen molar-refractivity contribution in [3.8, 4) is 6.07 Å². The number of nitrogens with zero attached hydrogens (tertiary/aromatic N) is 3. The van der Waals surface area contributed by atoms with Gasteiger partial charge >= 0.3 is 0 Å². The van der Waals surface area contributed by atoms with Crippen molar-refractivity contribution >= 4 is 28.5 Å². The molecule has 3 N–H and O–H groups in total. The zero-order valence-electron chi connectivity index (χ0n) is 15.7. The number of nitrogens with one attached hydrogen (secondary N) is 1. The lowest BCUT2D eigenvalue weighted by atomic mass is 9.85. The molecule has 2 aromatic rings. The van der Waals surface area contributed by atoms with E-state index in [9.17, 15) is 18.0 Å². The summed E-state index contributed by atoms with van der Waals surface area (Å²) in [5, 5.41) is 11.5. The summed E-state index contributed by atoms with van der Waals surface area (Å²) in [6.45, 7) is 0.557. The highest BCUT2D eigenvalue weighted by Gasteiger charge is 2.58. The molecular formula is C20H16F3N5OS. The molecule has 1 aromatic carbocycles. The summed E-state index contributed by atoms with van der Waals surface area (Å²) in [4.78, 5) is 20.7. The minimum absolute atomic E-state index is 0.00413. The molecule has 1 aromatic heterocycles. The minimum atomic E-state index is -1.62. The van der Waals surface area contributed by atoms with E-state index in [0.29, 0.717) is 12.0 Å². The fourth-order valence-corrected chi connectivity index (χ4v) is 4.99. The molecule has 0 bridgehead atoms. The van der Waals surface area contributed by atoms with Crippen LogP contribution in [0.1, 0.15) is 33.6 Å². The van der Waals surface area contributed by atoms with Gasteiger partial charge < -0.3 is 11.1 Å². The lowest BCUT2D eigenvalue weighted by Crippen LogP contribution is -2.37. The van der Waals surface area contributed by atoms with Crippen LogP contribution >= 0.6 is 11.8 Å². The number of amidine groups is 1. The molecule has 4 rings (SSSR count). The normalized spacial score (nSPS) is 24.4. The molecule has 2 unspecified atom stereocenters. The quantitative estimate of drug-likeness (QED) is 0.772. The molecule has 3 atom stereocenters. The number of halogens is 3. The molecule has 6 nitrogen and oxygen atoms in total. The standard InChI is InChI=1S/C20H16F3N5OS/c1-9-2-10(6-24)7-26-17(9)18(29)27-11-3-13(16(23)14(22)4-11)20(8-21)12-5-15(12)30-19(25)28-20/h2-4,7,12,15H,5,8H2,1H3,(H2,25,28)(H,27,29)/t12?,15?,20-/m0/s1. The van der Waals surface area contributed by atoms with Gasteiger partial charge in [0.15, 0.2) is 16.8 Å². The van der Waals surface area contributed by atoms with Crippen LogP contribution in [-0.2, 0) is 5.54 Å². The maximum absolute atomic E-state index is 14.7. The molecule has 1 aliphatic heterocycles. The molecular weight excluding hydrogens is 415 g/mol. The van der Waals surface area contributed by atoms with Crippen molar-refractivity contribution in [2.24, 2.45) is 16.6 Å². The first-order valence-corrected chi connectivity index (χ1v) is 9.92. The third-order valence-electron chi connectivity index (χ3n) is 5.31. The van der Waals surface area contributed by atoms with Crippen molar-refractivity contribution in [1.29, 1.82) is 5.26 Å². The number of nitrogens with two attached hydrogens (primary N) is 1. The number of aromatic nitrogens is 1. The Labute approximate surface area is 174 Å². The predicted molar refractivity (Wildman–Crippen MR) is 107 cm³/mol. The summed E-state index contributed by atoms with van der Waals surface area (Å²) < 4.78 is 43.3. The summed E-state index contributed by atoms with van der Waals surface area (Å²) >= 11 is 1.30. The first kappa shape index (κ1) is 20.2. The van der Waals surface area contributed by atoms with Gasteiger partial charge in [0.2, 0.25) is 0 Å². The second kappa shape index (κ2) is 7.32. The highest BCUT2D eigenvalue weighted by atomic mass is 32.2. The number of thioether (sulfide) groups is 1. The number of hydrogen-bond donors (Lipinski definition) is 2. The van der Waals surface area contributed by atoms with Crippen LogP contribution in [0, 0.1) is 35.8 Å². The van der Waals surface area contributed by atoms with Crippen LogP contribution in [0.5, 0.6) is 0 Å². The number of pyridine rings is 1. The summed E-state index contributed by atoms with van der Waals surface area (Å²) in [5.41, 5.74) is 4.59. The minimum Gasteiger partial charge on any atom is -0.379 e.